The molecule has 1 aromatic heterocycles. The lowest BCUT2D eigenvalue weighted by molar-refractivity contribution is -0.648. The second-order valence-corrected chi connectivity index (χ2v) is 6.92. The molecular formula is C18H23BF4N2O4S. The van der Waals surface area contributed by atoms with E-state index in [9.17, 15) is 26.9 Å². The molecule has 2 rings (SSSR count). The van der Waals surface area contributed by atoms with Crippen LogP contribution in [0.25, 0.3) is 10.9 Å². The lowest BCUT2D eigenvalue weighted by atomic mass is 10.2. The third-order valence-electron chi connectivity index (χ3n) is 3.57. The summed E-state index contributed by atoms with van der Waals surface area (Å²) in [4.78, 5) is 28.3. The molecule has 0 aliphatic rings. The fourth-order valence-electron chi connectivity index (χ4n) is 2.36. The number of carbonyl (C=O) groups excluding carboxylic acids is 2. The molecular weight excluding hydrogens is 427 g/mol. The van der Waals surface area contributed by atoms with Gasteiger partial charge in [-0.3, -0.25) is 9.59 Å². The highest BCUT2D eigenvalue weighted by Gasteiger charge is 2.21. The first kappa shape index (κ1) is 25.7. The van der Waals surface area contributed by atoms with Crippen molar-refractivity contribution in [1.82, 2.24) is 4.98 Å². The largest absolute Gasteiger partial charge is 0.673 e. The maximum absolute atomic E-state index is 11.9. The normalized spacial score (nSPS) is 10.9. The molecule has 0 atom stereocenters. The van der Waals surface area contributed by atoms with Gasteiger partial charge in [-0.2, -0.15) is 0 Å². The Morgan fingerprint density at radius 3 is 1.93 bits per heavy atom. The molecule has 0 N–H and O–H groups in total. The van der Waals surface area contributed by atoms with Gasteiger partial charge in [0.15, 0.2) is 11.5 Å². The molecule has 0 saturated heterocycles. The molecule has 0 aliphatic carbocycles. The number of hydrogen-bond acceptors (Lipinski definition) is 6. The van der Waals surface area contributed by atoms with Crippen molar-refractivity contribution < 1.29 is 40.9 Å². The Labute approximate surface area is 176 Å². The maximum atomic E-state index is 11.9. The Hall–Kier alpha value is -2.37. The van der Waals surface area contributed by atoms with Crippen LogP contribution < -0.4 is 14.0 Å². The second kappa shape index (κ2) is 11.7. The summed E-state index contributed by atoms with van der Waals surface area (Å²) in [6.07, 6.45) is 5.61. The van der Waals surface area contributed by atoms with E-state index in [0.29, 0.717) is 25.7 Å². The molecule has 12 heteroatoms. The number of halogens is 4. The maximum Gasteiger partial charge on any atom is 0.673 e. The van der Waals surface area contributed by atoms with Gasteiger partial charge in [-0.25, -0.2) is 4.57 Å². The number of esters is 2. The van der Waals surface area contributed by atoms with Crippen molar-refractivity contribution in [2.45, 2.75) is 44.6 Å². The number of aromatic nitrogens is 2. The van der Waals surface area contributed by atoms with E-state index in [4.69, 9.17) is 9.47 Å². The van der Waals surface area contributed by atoms with E-state index in [1.807, 2.05) is 31.7 Å². The first-order valence-electron chi connectivity index (χ1n) is 9.15. The monoisotopic (exact) mass is 450 g/mol. The fourth-order valence-corrected chi connectivity index (χ4v) is 2.90. The van der Waals surface area contributed by atoms with E-state index in [1.54, 1.807) is 18.5 Å². The highest BCUT2D eigenvalue weighted by atomic mass is 32.2. The van der Waals surface area contributed by atoms with Crippen LogP contribution in [0, 0.1) is 0 Å². The summed E-state index contributed by atoms with van der Waals surface area (Å²) in [6, 6.07) is 3.44. The smallest absolute Gasteiger partial charge is 0.422 e. The number of carbonyl (C=O) groups is 2. The molecule has 166 valence electrons. The first-order chi connectivity index (χ1) is 14.0. The summed E-state index contributed by atoms with van der Waals surface area (Å²) in [6.45, 7) is 3.81. The van der Waals surface area contributed by atoms with Crippen molar-refractivity contribution in [3.8, 4) is 11.5 Å². The Bertz CT molecular complexity index is 891. The highest BCUT2D eigenvalue weighted by molar-refractivity contribution is 7.98. The van der Waals surface area contributed by atoms with E-state index in [2.05, 4.69) is 4.98 Å². The van der Waals surface area contributed by atoms with E-state index >= 15 is 0 Å². The van der Waals surface area contributed by atoms with Crippen LogP contribution in [0.2, 0.25) is 0 Å². The van der Waals surface area contributed by atoms with Crippen LogP contribution in [-0.4, -0.2) is 30.4 Å². The van der Waals surface area contributed by atoms with E-state index in [1.165, 1.54) is 11.8 Å². The lowest BCUT2D eigenvalue weighted by Crippen LogP contribution is -2.29. The van der Waals surface area contributed by atoms with Crippen molar-refractivity contribution >= 4 is 41.9 Å². The average Bonchev–Trinajstić information content (AvgIpc) is 2.62. The number of rotatable bonds is 7. The van der Waals surface area contributed by atoms with Crippen LogP contribution in [0.15, 0.2) is 23.5 Å². The molecule has 0 spiro atoms. The summed E-state index contributed by atoms with van der Waals surface area (Å²) in [5.74, 6) is -0.201. The Morgan fingerprint density at radius 1 is 1.03 bits per heavy atom. The molecule has 0 fully saturated rings. The van der Waals surface area contributed by atoms with Gasteiger partial charge in [0, 0.05) is 25.0 Å². The molecule has 0 aliphatic heterocycles. The van der Waals surface area contributed by atoms with E-state index in [-0.39, 0.29) is 23.4 Å². The molecule has 1 aromatic carbocycles. The number of nitrogens with zero attached hydrogens (tertiary/aromatic N) is 2. The van der Waals surface area contributed by atoms with Crippen LogP contribution in [0.3, 0.4) is 0 Å². The fraction of sp³-hybridized carbons (Fsp3) is 0.444. The number of fused-ring (bicyclic) bond motifs is 1. The minimum absolute atomic E-state index is 0.249. The van der Waals surface area contributed by atoms with Crippen molar-refractivity contribution in [1.29, 1.82) is 0 Å². The van der Waals surface area contributed by atoms with Crippen LogP contribution in [0.4, 0.5) is 17.3 Å². The van der Waals surface area contributed by atoms with Gasteiger partial charge in [-0.1, -0.05) is 25.6 Å². The minimum Gasteiger partial charge on any atom is -0.422 e. The van der Waals surface area contributed by atoms with Crippen molar-refractivity contribution in [2.24, 2.45) is 7.05 Å². The predicted octanol–water partition coefficient (Wildman–Crippen LogP) is 4.49. The SMILES string of the molecule is CCCC(=O)Oc1cc2c(SC)nc[n+](C)c2cc1OC(=O)CCC.F[B-](F)(F)F. The van der Waals surface area contributed by atoms with Gasteiger partial charge in [0.25, 0.3) is 6.33 Å². The van der Waals surface area contributed by atoms with Gasteiger partial charge in [-0.15, -0.1) is 0 Å². The van der Waals surface area contributed by atoms with Crippen molar-refractivity contribution in [3.63, 3.8) is 0 Å². The molecule has 2 aromatic rings. The second-order valence-electron chi connectivity index (χ2n) is 6.12. The van der Waals surface area contributed by atoms with Gasteiger partial charge in [-0.05, 0) is 24.1 Å². The average molecular weight is 450 g/mol. The number of ether oxygens (including phenoxy) is 2. The Balaban J connectivity index is 0.000000804. The summed E-state index contributed by atoms with van der Waals surface area (Å²) in [7, 11) is -4.14. The van der Waals surface area contributed by atoms with Crippen LogP contribution >= 0.6 is 11.8 Å². The number of hydrogen-bond donors (Lipinski definition) is 0. The van der Waals surface area contributed by atoms with Gasteiger partial charge in [0.05, 0.1) is 12.4 Å². The lowest BCUT2D eigenvalue weighted by Gasteiger charge is -2.12. The number of aryl methyl sites for hydroxylation is 1. The third-order valence-corrected chi connectivity index (χ3v) is 4.28. The standard InChI is InChI=1S/C18H23N2O4S.BF4/c1-5-7-16(21)23-14-9-12-13(20(3)11-19-18(12)25-4)10-15(14)24-17(22)8-6-2;2-1(3,4)5/h9-11H,5-8H2,1-4H3;/q+1;-1. The summed E-state index contributed by atoms with van der Waals surface area (Å²) in [5, 5.41) is 1.65. The van der Waals surface area contributed by atoms with Gasteiger partial charge < -0.3 is 26.7 Å². The van der Waals surface area contributed by atoms with Crippen molar-refractivity contribution in [3.05, 3.63) is 18.5 Å². The zero-order valence-electron chi connectivity index (χ0n) is 17.1. The highest BCUT2D eigenvalue weighted by Crippen LogP contribution is 2.35. The molecule has 6 nitrogen and oxygen atoms in total. The van der Waals surface area contributed by atoms with Crippen LogP contribution in [0.1, 0.15) is 39.5 Å². The third kappa shape index (κ3) is 8.56. The van der Waals surface area contributed by atoms with E-state index < -0.39 is 7.25 Å². The first-order valence-corrected chi connectivity index (χ1v) is 10.4. The van der Waals surface area contributed by atoms with Crippen molar-refractivity contribution in [2.75, 3.05) is 6.26 Å². The van der Waals surface area contributed by atoms with Gasteiger partial charge in [0.1, 0.15) is 5.52 Å². The summed E-state index contributed by atoms with van der Waals surface area (Å²) in [5.41, 5.74) is 0.842. The number of benzene rings is 1. The van der Waals surface area contributed by atoms with E-state index in [0.717, 1.165) is 15.9 Å². The molecule has 0 saturated carbocycles. The zero-order valence-corrected chi connectivity index (χ0v) is 17.9. The minimum atomic E-state index is -6.00. The Kier molecular flexibility index (Phi) is 10.0. The Morgan fingerprint density at radius 2 is 1.50 bits per heavy atom. The number of thioether (sulfide) groups is 1. The molecule has 0 radical (unpaired) electrons. The van der Waals surface area contributed by atoms with Gasteiger partial charge >= 0.3 is 19.2 Å². The van der Waals surface area contributed by atoms with Crippen LogP contribution in [0.5, 0.6) is 11.5 Å². The quantitative estimate of drug-likeness (QED) is 0.118. The molecule has 0 amide bonds. The summed E-state index contributed by atoms with van der Waals surface area (Å²) < 4.78 is 51.7. The molecule has 30 heavy (non-hydrogen) atoms. The predicted molar refractivity (Wildman–Crippen MR) is 106 cm³/mol. The zero-order chi connectivity index (χ0) is 22.9. The summed E-state index contributed by atoms with van der Waals surface area (Å²) >= 11 is 1.50. The molecule has 0 bridgehead atoms. The topological polar surface area (TPSA) is 69.4 Å². The van der Waals surface area contributed by atoms with Crippen LogP contribution in [-0.2, 0) is 16.6 Å². The molecule has 0 unspecified atom stereocenters. The molecule has 1 heterocycles. The van der Waals surface area contributed by atoms with Gasteiger partial charge in [0.2, 0.25) is 5.03 Å².